The van der Waals surface area contributed by atoms with Crippen LogP contribution in [0.2, 0.25) is 0 Å². The third kappa shape index (κ3) is 2.21. The van der Waals surface area contributed by atoms with Crippen molar-refractivity contribution >= 4 is 5.69 Å². The van der Waals surface area contributed by atoms with Crippen LogP contribution in [0.3, 0.4) is 0 Å². The third-order valence-electron chi connectivity index (χ3n) is 3.90. The number of hydrogen-bond acceptors (Lipinski definition) is 2. The van der Waals surface area contributed by atoms with E-state index in [2.05, 4.69) is 10.2 Å². The molecule has 0 atom stereocenters. The Morgan fingerprint density at radius 3 is 2.72 bits per heavy atom. The SMILES string of the molecule is FC1(F)CCc2cccc(N3CCNCC3)c2C1. The molecule has 1 heterocycles. The number of rotatable bonds is 1. The second-order valence-corrected chi connectivity index (χ2v) is 5.18. The lowest BCUT2D eigenvalue weighted by molar-refractivity contribution is -0.0121. The molecule has 1 fully saturated rings. The fourth-order valence-corrected chi connectivity index (χ4v) is 2.93. The number of benzene rings is 1. The molecule has 2 nitrogen and oxygen atoms in total. The van der Waals surface area contributed by atoms with Crippen molar-refractivity contribution in [2.75, 3.05) is 31.1 Å². The lowest BCUT2D eigenvalue weighted by Crippen LogP contribution is -2.44. The van der Waals surface area contributed by atoms with Crippen molar-refractivity contribution < 1.29 is 8.78 Å². The number of nitrogens with one attached hydrogen (secondary N) is 1. The minimum atomic E-state index is -2.53. The molecule has 4 heteroatoms. The van der Waals surface area contributed by atoms with Crippen LogP contribution in [0.4, 0.5) is 14.5 Å². The summed E-state index contributed by atoms with van der Waals surface area (Å²) in [6, 6.07) is 5.99. The molecule has 98 valence electrons. The minimum Gasteiger partial charge on any atom is -0.369 e. The average molecular weight is 252 g/mol. The molecule has 18 heavy (non-hydrogen) atoms. The van der Waals surface area contributed by atoms with Gasteiger partial charge in [-0.15, -0.1) is 0 Å². The molecule has 0 amide bonds. The van der Waals surface area contributed by atoms with E-state index in [1.807, 2.05) is 18.2 Å². The second kappa shape index (κ2) is 4.50. The van der Waals surface area contributed by atoms with Gasteiger partial charge in [0.15, 0.2) is 0 Å². The number of halogens is 2. The Bertz CT molecular complexity index is 439. The number of anilines is 1. The van der Waals surface area contributed by atoms with Gasteiger partial charge in [0.25, 0.3) is 5.92 Å². The molecule has 3 rings (SSSR count). The lowest BCUT2D eigenvalue weighted by Gasteiger charge is -2.34. The van der Waals surface area contributed by atoms with Gasteiger partial charge >= 0.3 is 0 Å². The van der Waals surface area contributed by atoms with Crippen molar-refractivity contribution in [1.82, 2.24) is 5.32 Å². The Balaban J connectivity index is 1.95. The maximum atomic E-state index is 13.6. The van der Waals surface area contributed by atoms with Crippen molar-refractivity contribution in [3.63, 3.8) is 0 Å². The van der Waals surface area contributed by atoms with Crippen LogP contribution in [0.25, 0.3) is 0 Å². The number of piperazine rings is 1. The van der Waals surface area contributed by atoms with Gasteiger partial charge in [-0.05, 0) is 23.6 Å². The Labute approximate surface area is 106 Å². The maximum Gasteiger partial charge on any atom is 0.252 e. The van der Waals surface area contributed by atoms with Crippen molar-refractivity contribution in [3.05, 3.63) is 29.3 Å². The molecule has 0 radical (unpaired) electrons. The van der Waals surface area contributed by atoms with Gasteiger partial charge in [0.1, 0.15) is 0 Å². The molecular formula is C14H18F2N2. The Morgan fingerprint density at radius 2 is 1.94 bits per heavy atom. The maximum absolute atomic E-state index is 13.6. The Hall–Kier alpha value is -1.16. The van der Waals surface area contributed by atoms with Crippen molar-refractivity contribution in [2.24, 2.45) is 0 Å². The number of hydrogen-bond donors (Lipinski definition) is 1. The van der Waals surface area contributed by atoms with Crippen LogP contribution >= 0.6 is 0 Å². The molecule has 2 aliphatic rings. The third-order valence-corrected chi connectivity index (χ3v) is 3.90. The minimum absolute atomic E-state index is 0.00892. The molecule has 1 aliphatic heterocycles. The number of alkyl halides is 2. The number of nitrogens with zero attached hydrogens (tertiary/aromatic N) is 1. The molecular weight excluding hydrogens is 234 g/mol. The summed E-state index contributed by atoms with van der Waals surface area (Å²) in [6.07, 6.45) is 0.399. The van der Waals surface area contributed by atoms with Gasteiger partial charge in [0.05, 0.1) is 0 Å². The first-order chi connectivity index (χ1) is 8.66. The standard InChI is InChI=1S/C14H18F2N2/c15-14(16)5-4-11-2-1-3-13(12(11)10-14)18-8-6-17-7-9-18/h1-3,17H,4-10H2. The van der Waals surface area contributed by atoms with E-state index >= 15 is 0 Å². The van der Waals surface area contributed by atoms with Crippen LogP contribution in [0, 0.1) is 0 Å². The summed E-state index contributed by atoms with van der Waals surface area (Å²) in [5.74, 6) is -2.53. The number of fused-ring (bicyclic) bond motifs is 1. The molecule has 0 saturated carbocycles. The highest BCUT2D eigenvalue weighted by Crippen LogP contribution is 2.37. The van der Waals surface area contributed by atoms with Crippen molar-refractivity contribution in [2.45, 2.75) is 25.2 Å². The van der Waals surface area contributed by atoms with Crippen LogP contribution in [0.1, 0.15) is 17.5 Å². The first-order valence-corrected chi connectivity index (χ1v) is 6.60. The molecule has 1 aliphatic carbocycles. The van der Waals surface area contributed by atoms with E-state index in [-0.39, 0.29) is 12.8 Å². The predicted octanol–water partition coefficient (Wildman–Crippen LogP) is 2.22. The first kappa shape index (κ1) is 11.9. The lowest BCUT2D eigenvalue weighted by atomic mass is 9.87. The van der Waals surface area contributed by atoms with E-state index in [1.54, 1.807) is 0 Å². The highest BCUT2D eigenvalue weighted by Gasteiger charge is 2.35. The zero-order valence-corrected chi connectivity index (χ0v) is 10.4. The number of aryl methyl sites for hydroxylation is 1. The average Bonchev–Trinajstić information content (AvgIpc) is 2.38. The van der Waals surface area contributed by atoms with Gasteiger partial charge in [0.2, 0.25) is 0 Å². The van der Waals surface area contributed by atoms with Gasteiger partial charge in [0, 0.05) is 44.7 Å². The molecule has 0 aromatic heterocycles. The zero-order chi connectivity index (χ0) is 12.6. The molecule has 0 unspecified atom stereocenters. The fourth-order valence-electron chi connectivity index (χ4n) is 2.93. The van der Waals surface area contributed by atoms with Gasteiger partial charge in [-0.1, -0.05) is 12.1 Å². The monoisotopic (exact) mass is 252 g/mol. The van der Waals surface area contributed by atoms with E-state index in [0.717, 1.165) is 43.0 Å². The summed E-state index contributed by atoms with van der Waals surface area (Å²) in [7, 11) is 0. The van der Waals surface area contributed by atoms with Gasteiger partial charge in [-0.2, -0.15) is 0 Å². The Kier molecular flexibility index (Phi) is 2.98. The van der Waals surface area contributed by atoms with Crippen LogP contribution in [0.15, 0.2) is 18.2 Å². The van der Waals surface area contributed by atoms with E-state index in [1.165, 1.54) is 0 Å². The summed E-state index contributed by atoms with van der Waals surface area (Å²) in [5, 5.41) is 3.29. The summed E-state index contributed by atoms with van der Waals surface area (Å²) >= 11 is 0. The smallest absolute Gasteiger partial charge is 0.252 e. The largest absolute Gasteiger partial charge is 0.369 e. The van der Waals surface area contributed by atoms with Crippen molar-refractivity contribution in [1.29, 1.82) is 0 Å². The predicted molar refractivity (Wildman–Crippen MR) is 68.5 cm³/mol. The quantitative estimate of drug-likeness (QED) is 0.824. The summed E-state index contributed by atoms with van der Waals surface area (Å²) < 4.78 is 27.2. The van der Waals surface area contributed by atoms with E-state index in [4.69, 9.17) is 0 Å². The van der Waals surface area contributed by atoms with Crippen molar-refractivity contribution in [3.8, 4) is 0 Å². The normalized spacial score (nSPS) is 22.7. The van der Waals surface area contributed by atoms with Crippen LogP contribution in [-0.2, 0) is 12.8 Å². The van der Waals surface area contributed by atoms with Gasteiger partial charge in [-0.25, -0.2) is 8.78 Å². The second-order valence-electron chi connectivity index (χ2n) is 5.18. The molecule has 1 aromatic carbocycles. The van der Waals surface area contributed by atoms with Crippen LogP contribution in [-0.4, -0.2) is 32.1 Å². The molecule has 0 bridgehead atoms. The van der Waals surface area contributed by atoms with Crippen LogP contribution in [0.5, 0.6) is 0 Å². The summed E-state index contributed by atoms with van der Waals surface area (Å²) in [6.45, 7) is 3.67. The molecule has 1 saturated heterocycles. The Morgan fingerprint density at radius 1 is 1.17 bits per heavy atom. The molecule has 1 aromatic rings. The summed E-state index contributed by atoms with van der Waals surface area (Å²) in [4.78, 5) is 2.23. The van der Waals surface area contributed by atoms with E-state index in [9.17, 15) is 8.78 Å². The van der Waals surface area contributed by atoms with E-state index in [0.29, 0.717) is 6.42 Å². The zero-order valence-electron chi connectivity index (χ0n) is 10.4. The van der Waals surface area contributed by atoms with E-state index < -0.39 is 5.92 Å². The highest BCUT2D eigenvalue weighted by atomic mass is 19.3. The van der Waals surface area contributed by atoms with Crippen LogP contribution < -0.4 is 10.2 Å². The first-order valence-electron chi connectivity index (χ1n) is 6.60. The molecule has 1 N–H and O–H groups in total. The van der Waals surface area contributed by atoms with Gasteiger partial charge in [-0.3, -0.25) is 0 Å². The molecule has 0 spiro atoms. The topological polar surface area (TPSA) is 15.3 Å². The summed E-state index contributed by atoms with van der Waals surface area (Å²) in [5.41, 5.74) is 3.00. The van der Waals surface area contributed by atoms with Gasteiger partial charge < -0.3 is 10.2 Å². The highest BCUT2D eigenvalue weighted by molar-refractivity contribution is 5.58. The fraction of sp³-hybridized carbons (Fsp3) is 0.571.